The molecule has 0 saturated carbocycles. The van der Waals surface area contributed by atoms with Crippen molar-refractivity contribution in [2.24, 2.45) is 0 Å². The van der Waals surface area contributed by atoms with E-state index in [0.29, 0.717) is 12.6 Å². The summed E-state index contributed by atoms with van der Waals surface area (Å²) in [5.41, 5.74) is 1.05. The predicted octanol–water partition coefficient (Wildman–Crippen LogP) is 2.06. The number of aromatic nitrogens is 2. The third-order valence-electron chi connectivity index (χ3n) is 2.07. The third kappa shape index (κ3) is 2.70. The Morgan fingerprint density at radius 1 is 1.06 bits per heavy atom. The van der Waals surface area contributed by atoms with E-state index >= 15 is 0 Å². The standard InChI is InChI=1S/C12H12N2O2/c1-15-11-5-3-10(4-6-11)9-16-12-13-7-2-8-14-12/h2-8H,9H2,1H3. The molecule has 0 amide bonds. The highest BCUT2D eigenvalue weighted by Gasteiger charge is 1.97. The molecule has 1 aromatic carbocycles. The molecule has 0 spiro atoms. The van der Waals surface area contributed by atoms with Gasteiger partial charge in [0.15, 0.2) is 0 Å². The molecule has 2 aromatic rings. The van der Waals surface area contributed by atoms with Crippen LogP contribution in [0.25, 0.3) is 0 Å². The van der Waals surface area contributed by atoms with Gasteiger partial charge in [0.2, 0.25) is 0 Å². The molecule has 0 radical (unpaired) electrons. The van der Waals surface area contributed by atoms with E-state index in [2.05, 4.69) is 9.97 Å². The molecule has 0 aliphatic carbocycles. The molecule has 0 atom stereocenters. The second kappa shape index (κ2) is 5.11. The van der Waals surface area contributed by atoms with E-state index < -0.39 is 0 Å². The predicted molar refractivity (Wildman–Crippen MR) is 59.4 cm³/mol. The van der Waals surface area contributed by atoms with E-state index in [1.807, 2.05) is 24.3 Å². The third-order valence-corrected chi connectivity index (χ3v) is 2.07. The SMILES string of the molecule is COc1ccc(COc2ncccn2)cc1. The van der Waals surface area contributed by atoms with Crippen LogP contribution in [-0.4, -0.2) is 17.1 Å². The molecule has 0 bridgehead atoms. The van der Waals surface area contributed by atoms with Crippen molar-refractivity contribution in [2.75, 3.05) is 7.11 Å². The molecule has 0 aliphatic heterocycles. The van der Waals surface area contributed by atoms with Gasteiger partial charge in [-0.1, -0.05) is 12.1 Å². The van der Waals surface area contributed by atoms with Crippen LogP contribution < -0.4 is 9.47 Å². The van der Waals surface area contributed by atoms with E-state index in [1.165, 1.54) is 0 Å². The van der Waals surface area contributed by atoms with Gasteiger partial charge in [-0.2, -0.15) is 0 Å². The van der Waals surface area contributed by atoms with Crippen LogP contribution in [0.1, 0.15) is 5.56 Å². The van der Waals surface area contributed by atoms with Crippen LogP contribution >= 0.6 is 0 Å². The number of nitrogens with zero attached hydrogens (tertiary/aromatic N) is 2. The molecule has 4 heteroatoms. The lowest BCUT2D eigenvalue weighted by molar-refractivity contribution is 0.280. The molecule has 1 aromatic heterocycles. The fourth-order valence-corrected chi connectivity index (χ4v) is 1.23. The largest absolute Gasteiger partial charge is 0.497 e. The van der Waals surface area contributed by atoms with Crippen LogP contribution in [0.5, 0.6) is 11.8 Å². The van der Waals surface area contributed by atoms with Crippen molar-refractivity contribution in [3.05, 3.63) is 48.3 Å². The van der Waals surface area contributed by atoms with Crippen molar-refractivity contribution in [3.8, 4) is 11.8 Å². The van der Waals surface area contributed by atoms with E-state index in [9.17, 15) is 0 Å². The summed E-state index contributed by atoms with van der Waals surface area (Å²) in [6.45, 7) is 0.452. The Labute approximate surface area is 93.9 Å². The van der Waals surface area contributed by atoms with Crippen molar-refractivity contribution in [2.45, 2.75) is 6.61 Å². The Bertz CT molecular complexity index is 429. The van der Waals surface area contributed by atoms with Gasteiger partial charge in [-0.3, -0.25) is 0 Å². The molecule has 4 nitrogen and oxygen atoms in total. The average molecular weight is 216 g/mol. The first-order valence-corrected chi connectivity index (χ1v) is 4.91. The van der Waals surface area contributed by atoms with Crippen molar-refractivity contribution in [1.29, 1.82) is 0 Å². The molecular weight excluding hydrogens is 204 g/mol. The fraction of sp³-hybridized carbons (Fsp3) is 0.167. The lowest BCUT2D eigenvalue weighted by Gasteiger charge is -2.04. The second-order valence-corrected chi connectivity index (χ2v) is 3.17. The smallest absolute Gasteiger partial charge is 0.316 e. The van der Waals surface area contributed by atoms with Gasteiger partial charge in [0.1, 0.15) is 12.4 Å². The molecule has 0 fully saturated rings. The quantitative estimate of drug-likeness (QED) is 0.784. The van der Waals surface area contributed by atoms with Gasteiger partial charge in [0.25, 0.3) is 0 Å². The lowest BCUT2D eigenvalue weighted by atomic mass is 10.2. The minimum Gasteiger partial charge on any atom is -0.497 e. The molecule has 82 valence electrons. The van der Waals surface area contributed by atoms with Crippen LogP contribution in [0, 0.1) is 0 Å². The molecular formula is C12H12N2O2. The van der Waals surface area contributed by atoms with Gasteiger partial charge in [-0.25, -0.2) is 9.97 Å². The van der Waals surface area contributed by atoms with Crippen molar-refractivity contribution in [1.82, 2.24) is 9.97 Å². The van der Waals surface area contributed by atoms with E-state index in [1.54, 1.807) is 25.6 Å². The van der Waals surface area contributed by atoms with E-state index in [-0.39, 0.29) is 0 Å². The first kappa shape index (κ1) is 10.4. The highest BCUT2D eigenvalue weighted by molar-refractivity contribution is 5.26. The Morgan fingerprint density at radius 3 is 2.38 bits per heavy atom. The molecule has 1 heterocycles. The Kier molecular flexibility index (Phi) is 3.33. The summed E-state index contributed by atoms with van der Waals surface area (Å²) in [6.07, 6.45) is 3.30. The number of hydrogen-bond donors (Lipinski definition) is 0. The number of hydrogen-bond acceptors (Lipinski definition) is 4. The minimum absolute atomic E-state index is 0.387. The first-order chi connectivity index (χ1) is 7.88. The first-order valence-electron chi connectivity index (χ1n) is 4.91. The monoisotopic (exact) mass is 216 g/mol. The van der Waals surface area contributed by atoms with Crippen molar-refractivity contribution >= 4 is 0 Å². The fourth-order valence-electron chi connectivity index (χ4n) is 1.23. The van der Waals surface area contributed by atoms with Gasteiger partial charge < -0.3 is 9.47 Å². The maximum Gasteiger partial charge on any atom is 0.316 e. The van der Waals surface area contributed by atoms with Crippen LogP contribution in [0.3, 0.4) is 0 Å². The van der Waals surface area contributed by atoms with Crippen LogP contribution in [0.15, 0.2) is 42.7 Å². The van der Waals surface area contributed by atoms with Gasteiger partial charge in [0, 0.05) is 12.4 Å². The summed E-state index contributed by atoms with van der Waals surface area (Å²) < 4.78 is 10.5. The Balaban J connectivity index is 1.94. The van der Waals surface area contributed by atoms with Crippen LogP contribution in [0.4, 0.5) is 0 Å². The lowest BCUT2D eigenvalue weighted by Crippen LogP contribution is -1.98. The maximum absolute atomic E-state index is 5.40. The molecule has 0 unspecified atom stereocenters. The van der Waals surface area contributed by atoms with Gasteiger partial charge in [-0.05, 0) is 23.8 Å². The molecule has 0 saturated heterocycles. The Hall–Kier alpha value is -2.10. The normalized spacial score (nSPS) is 9.81. The number of benzene rings is 1. The number of methoxy groups -OCH3 is 1. The number of ether oxygens (including phenoxy) is 2. The summed E-state index contributed by atoms with van der Waals surface area (Å²) >= 11 is 0. The highest BCUT2D eigenvalue weighted by Crippen LogP contribution is 2.12. The van der Waals surface area contributed by atoms with Crippen molar-refractivity contribution in [3.63, 3.8) is 0 Å². The molecule has 2 rings (SSSR count). The summed E-state index contributed by atoms with van der Waals surface area (Å²) in [4.78, 5) is 7.94. The summed E-state index contributed by atoms with van der Waals surface area (Å²) in [7, 11) is 1.64. The topological polar surface area (TPSA) is 44.2 Å². The molecule has 0 aliphatic rings. The zero-order valence-corrected chi connectivity index (χ0v) is 8.96. The van der Waals surface area contributed by atoms with E-state index in [0.717, 1.165) is 11.3 Å². The zero-order chi connectivity index (χ0) is 11.2. The average Bonchev–Trinajstić information content (AvgIpc) is 2.38. The minimum atomic E-state index is 0.387. The van der Waals surface area contributed by atoms with Gasteiger partial charge >= 0.3 is 6.01 Å². The highest BCUT2D eigenvalue weighted by atomic mass is 16.5. The molecule has 0 N–H and O–H groups in total. The van der Waals surface area contributed by atoms with Gasteiger partial charge in [-0.15, -0.1) is 0 Å². The van der Waals surface area contributed by atoms with Crippen LogP contribution in [0.2, 0.25) is 0 Å². The second-order valence-electron chi connectivity index (χ2n) is 3.17. The maximum atomic E-state index is 5.40. The van der Waals surface area contributed by atoms with Crippen molar-refractivity contribution < 1.29 is 9.47 Å². The Morgan fingerprint density at radius 2 is 1.75 bits per heavy atom. The zero-order valence-electron chi connectivity index (χ0n) is 8.96. The summed E-state index contributed by atoms with van der Waals surface area (Å²) in [6, 6.07) is 9.82. The van der Waals surface area contributed by atoms with Gasteiger partial charge in [0.05, 0.1) is 7.11 Å². The van der Waals surface area contributed by atoms with E-state index in [4.69, 9.17) is 9.47 Å². The molecule has 16 heavy (non-hydrogen) atoms. The summed E-state index contributed by atoms with van der Waals surface area (Å²) in [5.74, 6) is 0.833. The summed E-state index contributed by atoms with van der Waals surface area (Å²) in [5, 5.41) is 0. The van der Waals surface area contributed by atoms with Crippen LogP contribution in [-0.2, 0) is 6.61 Å². The number of rotatable bonds is 4.